The highest BCUT2D eigenvalue weighted by molar-refractivity contribution is 5.92. The molecule has 0 saturated carbocycles. The molecular formula is C21H26N2O. The van der Waals surface area contributed by atoms with Crippen molar-refractivity contribution in [2.45, 2.75) is 33.2 Å². The minimum atomic E-state index is 0.0732. The van der Waals surface area contributed by atoms with E-state index in [9.17, 15) is 4.79 Å². The zero-order valence-electron chi connectivity index (χ0n) is 14.6. The predicted molar refractivity (Wildman–Crippen MR) is 99.0 cm³/mol. The standard InChI is InChI=1S/C21H26N2O/c1-16-9-11-20(12-10-16)22-21(24)19-8-5-13-23(15-19)14-18-7-4-3-6-17(18)2/h3-4,6-7,9-12,19H,5,8,13-15H2,1-2H3,(H,22,24). The zero-order chi connectivity index (χ0) is 16.9. The van der Waals surface area contributed by atoms with Crippen LogP contribution in [-0.4, -0.2) is 23.9 Å². The SMILES string of the molecule is Cc1ccc(NC(=O)C2CCCN(Cc3ccccc3C)C2)cc1. The topological polar surface area (TPSA) is 32.3 Å². The summed E-state index contributed by atoms with van der Waals surface area (Å²) in [6, 6.07) is 16.5. The summed E-state index contributed by atoms with van der Waals surface area (Å²) in [5, 5.41) is 3.07. The summed E-state index contributed by atoms with van der Waals surface area (Å²) in [5.74, 6) is 0.220. The lowest BCUT2D eigenvalue weighted by Gasteiger charge is -2.32. The van der Waals surface area contributed by atoms with Gasteiger partial charge in [-0.05, 0) is 56.5 Å². The Balaban J connectivity index is 1.59. The number of amides is 1. The highest BCUT2D eigenvalue weighted by Crippen LogP contribution is 2.21. The lowest BCUT2D eigenvalue weighted by atomic mass is 9.96. The maximum atomic E-state index is 12.6. The fourth-order valence-electron chi connectivity index (χ4n) is 3.32. The van der Waals surface area contributed by atoms with Crippen molar-refractivity contribution in [3.05, 3.63) is 65.2 Å². The first kappa shape index (κ1) is 16.7. The van der Waals surface area contributed by atoms with E-state index in [0.29, 0.717) is 0 Å². The van der Waals surface area contributed by atoms with Crippen molar-refractivity contribution in [3.63, 3.8) is 0 Å². The minimum Gasteiger partial charge on any atom is -0.326 e. The van der Waals surface area contributed by atoms with Gasteiger partial charge in [0.1, 0.15) is 0 Å². The summed E-state index contributed by atoms with van der Waals surface area (Å²) in [7, 11) is 0. The summed E-state index contributed by atoms with van der Waals surface area (Å²) < 4.78 is 0. The molecule has 24 heavy (non-hydrogen) atoms. The van der Waals surface area contributed by atoms with E-state index in [1.54, 1.807) is 0 Å². The summed E-state index contributed by atoms with van der Waals surface area (Å²) in [4.78, 5) is 15.0. The van der Waals surface area contributed by atoms with Crippen LogP contribution in [0.2, 0.25) is 0 Å². The van der Waals surface area contributed by atoms with Gasteiger partial charge in [0.2, 0.25) is 5.91 Å². The number of carbonyl (C=O) groups is 1. The van der Waals surface area contributed by atoms with E-state index in [0.717, 1.165) is 38.2 Å². The molecule has 2 aromatic rings. The number of hydrogen-bond donors (Lipinski definition) is 1. The number of rotatable bonds is 4. The van der Waals surface area contributed by atoms with Crippen LogP contribution >= 0.6 is 0 Å². The van der Waals surface area contributed by atoms with Crippen LogP contribution in [0.15, 0.2) is 48.5 Å². The maximum Gasteiger partial charge on any atom is 0.228 e. The molecule has 0 aliphatic carbocycles. The molecule has 0 aromatic heterocycles. The van der Waals surface area contributed by atoms with Crippen LogP contribution in [0.3, 0.4) is 0 Å². The van der Waals surface area contributed by atoms with Crippen LogP contribution in [0.25, 0.3) is 0 Å². The van der Waals surface area contributed by atoms with Crippen LogP contribution in [0, 0.1) is 19.8 Å². The second-order valence-electron chi connectivity index (χ2n) is 6.86. The molecule has 1 fully saturated rings. The van der Waals surface area contributed by atoms with Crippen LogP contribution in [0.5, 0.6) is 0 Å². The van der Waals surface area contributed by atoms with Crippen LogP contribution in [-0.2, 0) is 11.3 Å². The van der Waals surface area contributed by atoms with Gasteiger partial charge in [-0.2, -0.15) is 0 Å². The molecule has 3 nitrogen and oxygen atoms in total. The Hall–Kier alpha value is -2.13. The molecular weight excluding hydrogens is 296 g/mol. The van der Waals surface area contributed by atoms with Crippen molar-refractivity contribution >= 4 is 11.6 Å². The number of benzene rings is 2. The van der Waals surface area contributed by atoms with Gasteiger partial charge in [0.25, 0.3) is 0 Å². The van der Waals surface area contributed by atoms with Crippen molar-refractivity contribution in [2.24, 2.45) is 5.92 Å². The molecule has 126 valence electrons. The van der Waals surface area contributed by atoms with Crippen molar-refractivity contribution in [1.82, 2.24) is 4.90 Å². The predicted octanol–water partition coefficient (Wildman–Crippen LogP) is 4.15. The Morgan fingerprint density at radius 2 is 1.88 bits per heavy atom. The minimum absolute atomic E-state index is 0.0732. The Morgan fingerprint density at radius 3 is 2.62 bits per heavy atom. The summed E-state index contributed by atoms with van der Waals surface area (Å²) >= 11 is 0. The van der Waals surface area contributed by atoms with Gasteiger partial charge in [0.05, 0.1) is 5.92 Å². The molecule has 3 rings (SSSR count). The third kappa shape index (κ3) is 4.24. The van der Waals surface area contributed by atoms with Crippen molar-refractivity contribution in [1.29, 1.82) is 0 Å². The normalized spacial score (nSPS) is 18.3. The number of nitrogens with zero attached hydrogens (tertiary/aromatic N) is 1. The number of anilines is 1. The quantitative estimate of drug-likeness (QED) is 0.917. The molecule has 1 atom stereocenters. The smallest absolute Gasteiger partial charge is 0.228 e. The monoisotopic (exact) mass is 322 g/mol. The van der Waals surface area contributed by atoms with Gasteiger partial charge < -0.3 is 5.32 Å². The van der Waals surface area contributed by atoms with E-state index >= 15 is 0 Å². The van der Waals surface area contributed by atoms with E-state index < -0.39 is 0 Å². The lowest BCUT2D eigenvalue weighted by molar-refractivity contribution is -0.121. The molecule has 1 amide bonds. The van der Waals surface area contributed by atoms with Crippen molar-refractivity contribution < 1.29 is 4.79 Å². The first-order chi connectivity index (χ1) is 11.6. The Kier molecular flexibility index (Phi) is 5.31. The van der Waals surface area contributed by atoms with Crippen molar-refractivity contribution in [3.8, 4) is 0 Å². The highest BCUT2D eigenvalue weighted by atomic mass is 16.1. The molecule has 1 N–H and O–H groups in total. The molecule has 0 spiro atoms. The summed E-state index contributed by atoms with van der Waals surface area (Å²) in [6.07, 6.45) is 2.06. The number of piperidine rings is 1. The van der Waals surface area contributed by atoms with Crippen molar-refractivity contribution in [2.75, 3.05) is 18.4 Å². The van der Waals surface area contributed by atoms with Gasteiger partial charge >= 0.3 is 0 Å². The van der Waals surface area contributed by atoms with Gasteiger partial charge in [0.15, 0.2) is 0 Å². The molecule has 1 saturated heterocycles. The maximum absolute atomic E-state index is 12.6. The molecule has 3 heteroatoms. The number of hydrogen-bond acceptors (Lipinski definition) is 2. The van der Waals surface area contributed by atoms with Gasteiger partial charge in [-0.1, -0.05) is 42.0 Å². The fourth-order valence-corrected chi connectivity index (χ4v) is 3.32. The Labute approximate surface area is 144 Å². The van der Waals surface area contributed by atoms with Crippen LogP contribution < -0.4 is 5.32 Å². The second-order valence-corrected chi connectivity index (χ2v) is 6.86. The van der Waals surface area contributed by atoms with Gasteiger partial charge in [-0.3, -0.25) is 9.69 Å². The number of nitrogens with one attached hydrogen (secondary N) is 1. The largest absolute Gasteiger partial charge is 0.326 e. The third-order valence-electron chi connectivity index (χ3n) is 4.85. The van der Waals surface area contributed by atoms with Gasteiger partial charge in [0, 0.05) is 18.8 Å². The fraction of sp³-hybridized carbons (Fsp3) is 0.381. The molecule has 1 aliphatic heterocycles. The van der Waals surface area contributed by atoms with E-state index in [-0.39, 0.29) is 11.8 Å². The van der Waals surface area contributed by atoms with E-state index in [1.807, 2.05) is 24.3 Å². The molecule has 0 radical (unpaired) electrons. The number of carbonyl (C=O) groups excluding carboxylic acids is 1. The molecule has 1 unspecified atom stereocenters. The van der Waals surface area contributed by atoms with Gasteiger partial charge in [-0.25, -0.2) is 0 Å². The first-order valence-electron chi connectivity index (χ1n) is 8.76. The molecule has 0 bridgehead atoms. The third-order valence-corrected chi connectivity index (χ3v) is 4.85. The molecule has 2 aromatic carbocycles. The molecule has 1 aliphatic rings. The van der Waals surface area contributed by atoms with Gasteiger partial charge in [-0.15, -0.1) is 0 Å². The van der Waals surface area contributed by atoms with Crippen LogP contribution in [0.4, 0.5) is 5.69 Å². The molecule has 1 heterocycles. The van der Waals surface area contributed by atoms with E-state index in [2.05, 4.69) is 48.3 Å². The summed E-state index contributed by atoms with van der Waals surface area (Å²) in [6.45, 7) is 7.05. The lowest BCUT2D eigenvalue weighted by Crippen LogP contribution is -2.40. The second kappa shape index (κ2) is 7.63. The first-order valence-corrected chi connectivity index (χ1v) is 8.76. The average Bonchev–Trinajstić information content (AvgIpc) is 2.59. The zero-order valence-corrected chi connectivity index (χ0v) is 14.6. The number of aryl methyl sites for hydroxylation is 2. The Bertz CT molecular complexity index is 693. The Morgan fingerprint density at radius 1 is 1.12 bits per heavy atom. The summed E-state index contributed by atoms with van der Waals surface area (Å²) in [5.41, 5.74) is 4.78. The van der Waals surface area contributed by atoms with E-state index in [1.165, 1.54) is 16.7 Å². The number of likely N-dealkylation sites (tertiary alicyclic amines) is 1. The van der Waals surface area contributed by atoms with Crippen LogP contribution in [0.1, 0.15) is 29.5 Å². The average molecular weight is 322 g/mol. The van der Waals surface area contributed by atoms with E-state index in [4.69, 9.17) is 0 Å². The highest BCUT2D eigenvalue weighted by Gasteiger charge is 2.26.